The minimum absolute atomic E-state index is 0.436. The van der Waals surface area contributed by atoms with E-state index in [1.54, 1.807) is 28.4 Å². The fourth-order valence-corrected chi connectivity index (χ4v) is 3.67. The summed E-state index contributed by atoms with van der Waals surface area (Å²) >= 11 is 0. The number of ether oxygens (including phenoxy) is 2. The van der Waals surface area contributed by atoms with Crippen LogP contribution >= 0.6 is 0 Å². The first-order valence-corrected chi connectivity index (χ1v) is 9.81. The van der Waals surface area contributed by atoms with E-state index in [1.807, 2.05) is 20.9 Å². The van der Waals surface area contributed by atoms with Crippen molar-refractivity contribution in [3.05, 3.63) is 0 Å². The Balaban J connectivity index is 4.57. The maximum Gasteiger partial charge on any atom is 0.334 e. The second kappa shape index (κ2) is 8.02. The molecular formula is C13H30NO4Si2. The van der Waals surface area contributed by atoms with E-state index in [4.69, 9.17) is 18.3 Å². The molecule has 0 amide bonds. The second-order valence-corrected chi connectivity index (χ2v) is 10.1. The van der Waals surface area contributed by atoms with Crippen molar-refractivity contribution in [2.45, 2.75) is 43.8 Å². The van der Waals surface area contributed by atoms with Crippen LogP contribution in [0.15, 0.2) is 0 Å². The minimum atomic E-state index is -1.99. The fourth-order valence-electron chi connectivity index (χ4n) is 1.98. The van der Waals surface area contributed by atoms with Crippen LogP contribution in [0.3, 0.4) is 0 Å². The standard InChI is InChI=1S/C13H30NO4Si2/c1-12(19,13(2,15-4)16-5)14(3)10-9-11-20(8,17-6)18-7/h9-11H2,1-8H3. The van der Waals surface area contributed by atoms with E-state index >= 15 is 0 Å². The van der Waals surface area contributed by atoms with Crippen molar-refractivity contribution >= 4 is 18.8 Å². The molecule has 0 aromatic rings. The van der Waals surface area contributed by atoms with Crippen molar-refractivity contribution in [2.75, 3.05) is 42.0 Å². The maximum atomic E-state index is 5.51. The van der Waals surface area contributed by atoms with Gasteiger partial charge in [0.2, 0.25) is 0 Å². The van der Waals surface area contributed by atoms with Crippen LogP contribution < -0.4 is 0 Å². The van der Waals surface area contributed by atoms with Crippen LogP contribution in [0.2, 0.25) is 12.6 Å². The Morgan fingerprint density at radius 3 is 1.85 bits per heavy atom. The number of hydrogen-bond acceptors (Lipinski definition) is 5. The Morgan fingerprint density at radius 1 is 1.05 bits per heavy atom. The number of nitrogens with zero attached hydrogens (tertiary/aromatic N) is 1. The lowest BCUT2D eigenvalue weighted by atomic mass is 10.1. The maximum absolute atomic E-state index is 5.51. The molecule has 3 radical (unpaired) electrons. The first-order chi connectivity index (χ1) is 9.12. The lowest BCUT2D eigenvalue weighted by Crippen LogP contribution is -2.62. The van der Waals surface area contributed by atoms with Gasteiger partial charge >= 0.3 is 8.56 Å². The molecule has 0 fully saturated rings. The molecule has 0 aromatic carbocycles. The van der Waals surface area contributed by atoms with E-state index in [0.29, 0.717) is 0 Å². The van der Waals surface area contributed by atoms with Crippen LogP contribution in [-0.2, 0) is 18.3 Å². The summed E-state index contributed by atoms with van der Waals surface area (Å²) in [5, 5.41) is -0.436. The molecule has 1 atom stereocenters. The van der Waals surface area contributed by atoms with Gasteiger partial charge in [-0.05, 0) is 46.5 Å². The molecule has 0 aliphatic heterocycles. The van der Waals surface area contributed by atoms with Crippen molar-refractivity contribution in [3.63, 3.8) is 0 Å². The number of methoxy groups -OCH3 is 2. The fraction of sp³-hybridized carbons (Fsp3) is 1.00. The summed E-state index contributed by atoms with van der Waals surface area (Å²) in [5.41, 5.74) is 0. The van der Waals surface area contributed by atoms with Crippen LogP contribution in [-0.4, -0.2) is 76.7 Å². The zero-order valence-electron chi connectivity index (χ0n) is 14.2. The third kappa shape index (κ3) is 4.62. The van der Waals surface area contributed by atoms with Gasteiger partial charge in [-0.15, -0.1) is 0 Å². The normalized spacial score (nSPS) is 16.5. The summed E-state index contributed by atoms with van der Waals surface area (Å²) < 4.78 is 22.0. The number of likely N-dealkylation sites (N-methyl/N-ethyl adjacent to an activating group) is 1. The van der Waals surface area contributed by atoms with Crippen molar-refractivity contribution < 1.29 is 18.3 Å². The molecule has 7 heteroatoms. The molecule has 0 saturated heterocycles. The highest BCUT2D eigenvalue weighted by Crippen LogP contribution is 2.29. The first kappa shape index (κ1) is 20.2. The zero-order chi connectivity index (χ0) is 16.0. The molecule has 0 bridgehead atoms. The van der Waals surface area contributed by atoms with E-state index in [-0.39, 0.29) is 0 Å². The Bertz CT molecular complexity index is 282. The summed E-state index contributed by atoms with van der Waals surface area (Å²) in [6.45, 7) is 6.92. The monoisotopic (exact) mass is 320 g/mol. The molecule has 0 saturated carbocycles. The van der Waals surface area contributed by atoms with E-state index in [9.17, 15) is 0 Å². The summed E-state index contributed by atoms with van der Waals surface area (Å²) in [6, 6.07) is 0.948. The van der Waals surface area contributed by atoms with Gasteiger partial charge in [-0.2, -0.15) is 0 Å². The largest absolute Gasteiger partial charge is 0.398 e. The first-order valence-electron chi connectivity index (χ1n) is 6.79. The van der Waals surface area contributed by atoms with Crippen LogP contribution in [0.25, 0.3) is 0 Å². The van der Waals surface area contributed by atoms with Gasteiger partial charge in [-0.3, -0.25) is 4.90 Å². The third-order valence-electron chi connectivity index (χ3n) is 4.41. The smallest absolute Gasteiger partial charge is 0.334 e. The SMILES string of the molecule is COC(C)(OC)C(C)([Si])N(C)CCC[Si](C)(OC)OC. The summed E-state index contributed by atoms with van der Waals surface area (Å²) in [6.07, 6.45) is 0.991. The zero-order valence-corrected chi connectivity index (χ0v) is 16.2. The molecule has 20 heavy (non-hydrogen) atoms. The van der Waals surface area contributed by atoms with Crippen molar-refractivity contribution in [1.29, 1.82) is 0 Å². The average Bonchev–Trinajstić information content (AvgIpc) is 2.45. The Kier molecular flexibility index (Phi) is 8.12. The predicted molar refractivity (Wildman–Crippen MR) is 84.3 cm³/mol. The molecule has 0 N–H and O–H groups in total. The van der Waals surface area contributed by atoms with Crippen molar-refractivity contribution in [3.8, 4) is 0 Å². The van der Waals surface area contributed by atoms with Gasteiger partial charge in [0.25, 0.3) is 0 Å². The number of hydrogen-bond donors (Lipinski definition) is 0. The molecule has 5 nitrogen and oxygen atoms in total. The van der Waals surface area contributed by atoms with Gasteiger partial charge in [0.1, 0.15) is 0 Å². The van der Waals surface area contributed by atoms with Gasteiger partial charge in [-0.25, -0.2) is 0 Å². The van der Waals surface area contributed by atoms with E-state index in [1.165, 1.54) is 0 Å². The van der Waals surface area contributed by atoms with Gasteiger partial charge in [0.05, 0.1) is 15.4 Å². The molecule has 119 valence electrons. The van der Waals surface area contributed by atoms with E-state index < -0.39 is 19.5 Å². The van der Waals surface area contributed by atoms with Crippen LogP contribution in [0.5, 0.6) is 0 Å². The van der Waals surface area contributed by atoms with Crippen molar-refractivity contribution in [2.24, 2.45) is 0 Å². The summed E-state index contributed by atoms with van der Waals surface area (Å²) in [5.74, 6) is -0.734. The second-order valence-electron chi connectivity index (χ2n) is 5.49. The highest BCUT2D eigenvalue weighted by atomic mass is 28.4. The topological polar surface area (TPSA) is 40.2 Å². The molecule has 0 aliphatic rings. The molecule has 1 unspecified atom stereocenters. The Hall–Kier alpha value is 0.234. The lowest BCUT2D eigenvalue weighted by molar-refractivity contribution is -0.239. The molecule has 0 aliphatic carbocycles. The molecular weight excluding hydrogens is 290 g/mol. The quantitative estimate of drug-likeness (QED) is 0.451. The average molecular weight is 321 g/mol. The molecule has 0 rings (SSSR count). The Morgan fingerprint density at radius 2 is 1.50 bits per heavy atom. The molecule has 0 aromatic heterocycles. The van der Waals surface area contributed by atoms with Crippen LogP contribution in [0.1, 0.15) is 20.3 Å². The van der Waals surface area contributed by atoms with E-state index in [2.05, 4.69) is 21.7 Å². The molecule has 0 heterocycles. The number of rotatable bonds is 10. The summed E-state index contributed by atoms with van der Waals surface area (Å²) in [4.78, 5) is 2.18. The highest BCUT2D eigenvalue weighted by molar-refractivity contribution is 6.65. The lowest BCUT2D eigenvalue weighted by Gasteiger charge is -2.47. The van der Waals surface area contributed by atoms with Gasteiger partial charge in [0, 0.05) is 28.4 Å². The predicted octanol–water partition coefficient (Wildman–Crippen LogP) is 1.57. The summed E-state index contributed by atoms with van der Waals surface area (Å²) in [7, 11) is 10.6. The van der Waals surface area contributed by atoms with Gasteiger partial charge in [-0.1, -0.05) is 0 Å². The third-order valence-corrected chi connectivity index (χ3v) is 8.24. The van der Waals surface area contributed by atoms with Crippen LogP contribution in [0, 0.1) is 0 Å². The minimum Gasteiger partial charge on any atom is -0.398 e. The molecule has 0 spiro atoms. The van der Waals surface area contributed by atoms with Gasteiger partial charge in [0.15, 0.2) is 5.79 Å². The highest BCUT2D eigenvalue weighted by Gasteiger charge is 2.44. The van der Waals surface area contributed by atoms with Gasteiger partial charge < -0.3 is 18.3 Å². The van der Waals surface area contributed by atoms with E-state index in [0.717, 1.165) is 19.0 Å². The van der Waals surface area contributed by atoms with Crippen molar-refractivity contribution in [1.82, 2.24) is 4.90 Å². The Labute approximate surface area is 128 Å². The van der Waals surface area contributed by atoms with Crippen LogP contribution in [0.4, 0.5) is 0 Å².